The molecular formula is C31H39ClN4O9S. The molecule has 2 aromatic carbocycles. The first-order valence-corrected chi connectivity index (χ1v) is 16.6. The van der Waals surface area contributed by atoms with Gasteiger partial charge in [-0.15, -0.1) is 0 Å². The summed E-state index contributed by atoms with van der Waals surface area (Å²) in [5.74, 6) is -1.97. The molecule has 0 radical (unpaired) electrons. The van der Waals surface area contributed by atoms with Crippen molar-refractivity contribution in [3.8, 4) is 5.75 Å². The number of hydrogen-bond acceptors (Lipinski definition) is 10. The van der Waals surface area contributed by atoms with Crippen molar-refractivity contribution in [2.75, 3.05) is 50.1 Å². The first-order chi connectivity index (χ1) is 21.9. The fourth-order valence-electron chi connectivity index (χ4n) is 4.36. The van der Waals surface area contributed by atoms with Crippen molar-refractivity contribution in [1.82, 2.24) is 4.90 Å². The highest BCUT2D eigenvalue weighted by molar-refractivity contribution is 7.93. The molecule has 1 aliphatic heterocycles. The van der Waals surface area contributed by atoms with Crippen LogP contribution in [0, 0.1) is 0 Å². The van der Waals surface area contributed by atoms with Gasteiger partial charge >= 0.3 is 18.0 Å². The van der Waals surface area contributed by atoms with Gasteiger partial charge in [0.1, 0.15) is 17.7 Å². The van der Waals surface area contributed by atoms with Crippen molar-refractivity contribution in [3.63, 3.8) is 0 Å². The van der Waals surface area contributed by atoms with Gasteiger partial charge in [-0.3, -0.25) is 13.9 Å². The number of benzene rings is 2. The van der Waals surface area contributed by atoms with E-state index in [1.807, 2.05) is 0 Å². The molecular weight excluding hydrogens is 640 g/mol. The summed E-state index contributed by atoms with van der Waals surface area (Å²) in [5.41, 5.74) is 7.20. The maximum Gasteiger partial charge on any atom is 0.438 e. The second kappa shape index (κ2) is 17.5. The highest BCUT2D eigenvalue weighted by Crippen LogP contribution is 2.32. The van der Waals surface area contributed by atoms with Crippen LogP contribution >= 0.6 is 11.6 Å². The molecule has 1 amide bonds. The lowest BCUT2D eigenvalue weighted by Gasteiger charge is -2.30. The number of carbonyl (C=O) groups is 3. The van der Waals surface area contributed by atoms with Crippen LogP contribution in [-0.4, -0.2) is 89.1 Å². The number of esters is 2. The third-order valence-corrected chi connectivity index (χ3v) is 8.70. The van der Waals surface area contributed by atoms with E-state index < -0.39 is 40.6 Å². The molecule has 2 aromatic rings. The number of amides is 1. The van der Waals surface area contributed by atoms with Gasteiger partial charge in [0.05, 0.1) is 23.9 Å². The molecule has 0 aromatic heterocycles. The molecule has 13 nitrogen and oxygen atoms in total. The van der Waals surface area contributed by atoms with Crippen LogP contribution in [0.15, 0.2) is 53.5 Å². The predicted octanol–water partition coefficient (Wildman–Crippen LogP) is 3.98. The minimum Gasteiger partial charge on any atom is -0.489 e. The summed E-state index contributed by atoms with van der Waals surface area (Å²) >= 11 is 6.54. The minimum atomic E-state index is -4.18. The summed E-state index contributed by atoms with van der Waals surface area (Å²) < 4.78 is 48.2. The number of likely N-dealkylation sites (tertiary alicyclic amines) is 1. The van der Waals surface area contributed by atoms with Gasteiger partial charge in [-0.25, -0.2) is 13.2 Å². The van der Waals surface area contributed by atoms with Crippen LogP contribution in [0.2, 0.25) is 5.02 Å². The molecule has 0 bridgehead atoms. The minimum absolute atomic E-state index is 0.00268. The molecule has 2 N–H and O–H groups in total. The van der Waals surface area contributed by atoms with Crippen LogP contribution < -0.4 is 14.8 Å². The molecule has 1 heterocycles. The number of amidine groups is 1. The molecule has 1 aliphatic rings. The van der Waals surface area contributed by atoms with E-state index in [4.69, 9.17) is 31.5 Å². The number of ether oxygens (including phenoxy) is 4. The summed E-state index contributed by atoms with van der Waals surface area (Å²) in [5, 5.41) is 0.237. The number of aliphatic imine (C=N–C) groups is 1. The van der Waals surface area contributed by atoms with E-state index in [1.165, 1.54) is 6.07 Å². The lowest BCUT2D eigenvalue weighted by molar-refractivity contribution is -0.151. The number of nitrogens with two attached hydrogens (primary N) is 1. The van der Waals surface area contributed by atoms with E-state index in [0.29, 0.717) is 16.9 Å². The Hall–Kier alpha value is -4.14. The number of nitrogens with zero attached hydrogens (tertiary/aromatic N) is 3. The molecule has 0 spiro atoms. The number of halogens is 1. The van der Waals surface area contributed by atoms with Crippen molar-refractivity contribution in [2.24, 2.45) is 10.7 Å². The molecule has 3 rings (SSSR count). The number of hydrogen-bond donors (Lipinski definition) is 1. The van der Waals surface area contributed by atoms with Gasteiger partial charge in [0, 0.05) is 25.1 Å². The monoisotopic (exact) mass is 678 g/mol. The van der Waals surface area contributed by atoms with E-state index in [2.05, 4.69) is 21.7 Å². The van der Waals surface area contributed by atoms with E-state index >= 15 is 0 Å². The average molecular weight is 679 g/mol. The quantitative estimate of drug-likeness (QED) is 0.133. The van der Waals surface area contributed by atoms with Crippen LogP contribution in [0.1, 0.15) is 44.2 Å². The molecule has 0 saturated carbocycles. The molecule has 0 aliphatic carbocycles. The van der Waals surface area contributed by atoms with Crippen molar-refractivity contribution in [2.45, 2.75) is 39.2 Å². The van der Waals surface area contributed by atoms with Gasteiger partial charge < -0.3 is 29.6 Å². The van der Waals surface area contributed by atoms with Gasteiger partial charge in [0.15, 0.2) is 5.75 Å². The Labute approximate surface area is 273 Å². The third-order valence-electron chi connectivity index (χ3n) is 6.77. The first-order valence-electron chi connectivity index (χ1n) is 14.7. The van der Waals surface area contributed by atoms with E-state index in [9.17, 15) is 22.8 Å². The molecule has 1 fully saturated rings. The zero-order valence-corrected chi connectivity index (χ0v) is 27.6. The molecule has 0 atom stereocenters. The summed E-state index contributed by atoms with van der Waals surface area (Å²) in [6.07, 6.45) is 4.01. The molecule has 46 heavy (non-hydrogen) atoms. The summed E-state index contributed by atoms with van der Waals surface area (Å²) in [6, 6.07) is 11.3. The van der Waals surface area contributed by atoms with Gasteiger partial charge in [-0.05, 0) is 56.6 Å². The van der Waals surface area contributed by atoms with Crippen molar-refractivity contribution in [1.29, 1.82) is 0 Å². The largest absolute Gasteiger partial charge is 0.489 e. The molecule has 1 saturated heterocycles. The van der Waals surface area contributed by atoms with E-state index in [1.54, 1.807) is 62.4 Å². The number of piperidine rings is 1. The van der Waals surface area contributed by atoms with Crippen LogP contribution in [0.3, 0.4) is 0 Å². The van der Waals surface area contributed by atoms with E-state index in [0.717, 1.165) is 30.2 Å². The maximum absolute atomic E-state index is 13.4. The third kappa shape index (κ3) is 11.3. The predicted molar refractivity (Wildman–Crippen MR) is 174 cm³/mol. The van der Waals surface area contributed by atoms with Crippen molar-refractivity contribution < 1.29 is 41.7 Å². The zero-order chi connectivity index (χ0) is 33.7. The summed E-state index contributed by atoms with van der Waals surface area (Å²) in [7, 11) is -2.13. The first kappa shape index (κ1) is 36.3. The summed E-state index contributed by atoms with van der Waals surface area (Å²) in [4.78, 5) is 41.1. The SMILES string of the molecule is CCOC(=O)CS(=O)(=O)N(C/C=C/c1cccc(/C(N)=N/C(=O)OCOC(=O)CC)c1)c1ccc(OC2CCN(C)CC2)c(Cl)c1. The summed E-state index contributed by atoms with van der Waals surface area (Å²) in [6.45, 7) is 4.30. The molecule has 0 unspecified atom stereocenters. The highest BCUT2D eigenvalue weighted by atomic mass is 35.5. The fraction of sp³-hybridized carbons (Fsp3) is 0.419. The van der Waals surface area contributed by atoms with Crippen LogP contribution in [0.5, 0.6) is 5.75 Å². The normalized spacial score (nSPS) is 14.6. The van der Waals surface area contributed by atoms with E-state index in [-0.39, 0.29) is 42.2 Å². The maximum atomic E-state index is 13.4. The Morgan fingerprint density at radius 1 is 1.07 bits per heavy atom. The topological polar surface area (TPSA) is 167 Å². The number of anilines is 1. The number of sulfonamides is 1. The van der Waals surface area contributed by atoms with Crippen molar-refractivity contribution in [3.05, 3.63) is 64.7 Å². The van der Waals surface area contributed by atoms with Crippen molar-refractivity contribution >= 4 is 57.3 Å². The Bertz CT molecular complexity index is 1540. The Morgan fingerprint density at radius 3 is 2.48 bits per heavy atom. The van der Waals surface area contributed by atoms with Crippen LogP contribution in [0.4, 0.5) is 10.5 Å². The fourth-order valence-corrected chi connectivity index (χ4v) is 5.87. The Balaban J connectivity index is 1.78. The number of rotatable bonds is 14. The number of carbonyl (C=O) groups excluding carboxylic acids is 3. The highest BCUT2D eigenvalue weighted by Gasteiger charge is 2.27. The lowest BCUT2D eigenvalue weighted by atomic mass is 10.1. The smallest absolute Gasteiger partial charge is 0.438 e. The second-order valence-electron chi connectivity index (χ2n) is 10.3. The van der Waals surface area contributed by atoms with Gasteiger partial charge in [0.2, 0.25) is 16.8 Å². The van der Waals surface area contributed by atoms with Gasteiger partial charge in [0.25, 0.3) is 0 Å². The Kier molecular flexibility index (Phi) is 13.8. The zero-order valence-electron chi connectivity index (χ0n) is 26.0. The lowest BCUT2D eigenvalue weighted by Crippen LogP contribution is -2.36. The van der Waals surface area contributed by atoms with Crippen LogP contribution in [0.25, 0.3) is 6.08 Å². The second-order valence-corrected chi connectivity index (χ2v) is 12.6. The molecule has 15 heteroatoms. The standard InChI is InChI=1S/C31H39ClN4O9S/c1-4-28(37)43-21-44-31(39)34-30(33)23-10-6-8-22(18-23)9-7-15-36(46(40,41)20-29(38)42-5-2)24-11-12-27(26(32)19-24)45-25-13-16-35(3)17-14-25/h6-12,18-19,25H,4-5,13-17,20-21H2,1-3H3,(H2,33,34,39)/b9-7+. The average Bonchev–Trinajstić information content (AvgIpc) is 3.01. The Morgan fingerprint density at radius 2 is 1.80 bits per heavy atom. The van der Waals surface area contributed by atoms with Gasteiger partial charge in [-0.1, -0.05) is 48.9 Å². The van der Waals surface area contributed by atoms with Gasteiger partial charge in [-0.2, -0.15) is 4.99 Å². The molecule has 250 valence electrons. The van der Waals surface area contributed by atoms with Crippen LogP contribution in [-0.2, 0) is 33.8 Å².